The topological polar surface area (TPSA) is 79.3 Å². The summed E-state index contributed by atoms with van der Waals surface area (Å²) >= 11 is 19.0. The molecule has 1 fully saturated rings. The lowest BCUT2D eigenvalue weighted by Crippen LogP contribution is -2.50. The molecular formula is C39H38Cl3N5O2. The molecule has 49 heavy (non-hydrogen) atoms. The van der Waals surface area contributed by atoms with Gasteiger partial charge in [-0.1, -0.05) is 90.3 Å². The summed E-state index contributed by atoms with van der Waals surface area (Å²) in [5.41, 5.74) is 5.65. The third-order valence-corrected chi connectivity index (χ3v) is 9.79. The lowest BCUT2D eigenvalue weighted by Gasteiger charge is -2.38. The van der Waals surface area contributed by atoms with Crippen LogP contribution in [0.3, 0.4) is 0 Å². The summed E-state index contributed by atoms with van der Waals surface area (Å²) in [6.07, 6.45) is 4.06. The number of piperidine rings is 1. The molecule has 1 saturated heterocycles. The van der Waals surface area contributed by atoms with Gasteiger partial charge in [-0.05, 0) is 93.2 Å². The van der Waals surface area contributed by atoms with Gasteiger partial charge in [-0.15, -0.1) is 0 Å². The summed E-state index contributed by atoms with van der Waals surface area (Å²) in [4.78, 5) is 29.3. The average Bonchev–Trinajstić information content (AvgIpc) is 3.45. The molecule has 6 rings (SSSR count). The van der Waals surface area contributed by atoms with Crippen LogP contribution in [0, 0.1) is 6.92 Å². The molecule has 0 radical (unpaired) electrons. The van der Waals surface area contributed by atoms with Crippen molar-refractivity contribution in [1.29, 1.82) is 0 Å². The van der Waals surface area contributed by atoms with E-state index in [2.05, 4.69) is 34.9 Å². The van der Waals surface area contributed by atoms with Crippen molar-refractivity contribution in [2.75, 3.05) is 16.8 Å². The van der Waals surface area contributed by atoms with Gasteiger partial charge in [0, 0.05) is 51.1 Å². The van der Waals surface area contributed by atoms with E-state index in [4.69, 9.17) is 39.9 Å². The van der Waals surface area contributed by atoms with Gasteiger partial charge >= 0.3 is 0 Å². The average molecular weight is 715 g/mol. The van der Waals surface area contributed by atoms with E-state index >= 15 is 0 Å². The molecule has 1 aliphatic rings. The van der Waals surface area contributed by atoms with Crippen LogP contribution in [0.4, 0.5) is 11.4 Å². The molecule has 0 aliphatic carbocycles. The molecule has 1 aromatic heterocycles. The Labute approximate surface area is 302 Å². The first-order valence-electron chi connectivity index (χ1n) is 16.5. The van der Waals surface area contributed by atoms with Gasteiger partial charge in [-0.25, -0.2) is 4.68 Å². The molecular weight excluding hydrogens is 677 g/mol. The lowest BCUT2D eigenvalue weighted by molar-refractivity contribution is -0.118. The maximum absolute atomic E-state index is 13.9. The predicted octanol–water partition coefficient (Wildman–Crippen LogP) is 9.56. The van der Waals surface area contributed by atoms with E-state index in [1.807, 2.05) is 61.2 Å². The molecule has 1 aliphatic heterocycles. The highest BCUT2D eigenvalue weighted by Crippen LogP contribution is 2.34. The van der Waals surface area contributed by atoms with E-state index in [1.54, 1.807) is 35.0 Å². The van der Waals surface area contributed by atoms with Crippen molar-refractivity contribution in [3.05, 3.63) is 129 Å². The first-order valence-corrected chi connectivity index (χ1v) is 17.7. The number of hydrogen-bond acceptors (Lipinski definition) is 4. The van der Waals surface area contributed by atoms with Crippen LogP contribution in [0.25, 0.3) is 16.9 Å². The first kappa shape index (κ1) is 34.7. The second-order valence-electron chi connectivity index (χ2n) is 12.3. The molecule has 4 aromatic carbocycles. The van der Waals surface area contributed by atoms with Crippen LogP contribution < -0.4 is 15.5 Å². The number of nitrogens with one attached hydrogen (secondary N) is 2. The molecule has 252 valence electrons. The van der Waals surface area contributed by atoms with E-state index in [1.165, 1.54) is 5.56 Å². The highest BCUT2D eigenvalue weighted by Gasteiger charge is 2.30. The largest absolute Gasteiger partial charge is 0.321 e. The number of hydrogen-bond donors (Lipinski definition) is 2. The molecule has 10 heteroatoms. The zero-order valence-electron chi connectivity index (χ0n) is 27.4. The van der Waals surface area contributed by atoms with E-state index in [-0.39, 0.29) is 23.6 Å². The SMILES string of the molecule is CCC(=O)N(c1cccc(NC(=O)c2nn(-c3ccc(Cl)cc3Cl)c(-c3ccc(Cl)cc3)c2C)c1)C1CCNC(CCc2ccccc2)C1. The number of halogens is 3. The van der Waals surface area contributed by atoms with Crippen LogP contribution in [0.5, 0.6) is 0 Å². The molecule has 7 nitrogen and oxygen atoms in total. The fourth-order valence-electron chi connectivity index (χ4n) is 6.56. The number of benzene rings is 4. The monoisotopic (exact) mass is 713 g/mol. The highest BCUT2D eigenvalue weighted by atomic mass is 35.5. The minimum Gasteiger partial charge on any atom is -0.321 e. The first-order chi connectivity index (χ1) is 23.7. The Bertz CT molecular complexity index is 1940. The molecule has 2 heterocycles. The molecule has 2 amide bonds. The second-order valence-corrected chi connectivity index (χ2v) is 13.6. The van der Waals surface area contributed by atoms with E-state index in [0.717, 1.165) is 43.5 Å². The van der Waals surface area contributed by atoms with Crippen molar-refractivity contribution in [2.24, 2.45) is 0 Å². The molecule has 0 saturated carbocycles. The number of carbonyl (C=O) groups excluding carboxylic acids is 2. The van der Waals surface area contributed by atoms with Crippen molar-refractivity contribution in [3.8, 4) is 16.9 Å². The Morgan fingerprint density at radius 1 is 0.939 bits per heavy atom. The van der Waals surface area contributed by atoms with Gasteiger partial charge in [0.2, 0.25) is 5.91 Å². The Balaban J connectivity index is 1.26. The Morgan fingerprint density at radius 2 is 1.69 bits per heavy atom. The fourth-order valence-corrected chi connectivity index (χ4v) is 7.18. The van der Waals surface area contributed by atoms with Crippen LogP contribution in [0.2, 0.25) is 15.1 Å². The van der Waals surface area contributed by atoms with Crippen molar-refractivity contribution in [3.63, 3.8) is 0 Å². The standard InChI is InChI=1S/C39H38Cl3N5O2/c1-3-36(48)46(33-20-21-43-30(23-33)18-12-26-8-5-4-6-9-26)32-11-7-10-31(24-32)44-39(49)37-25(2)38(27-13-15-28(40)16-14-27)47(45-37)35-19-17-29(41)22-34(35)42/h4-11,13-17,19,22,24,30,33,43H,3,12,18,20-21,23H2,1-2H3,(H,44,49). The Hall–Kier alpha value is -4.14. The van der Waals surface area contributed by atoms with Crippen LogP contribution >= 0.6 is 34.8 Å². The third-order valence-electron chi connectivity index (χ3n) is 9.00. The number of aryl methyl sites for hydroxylation is 1. The Morgan fingerprint density at radius 3 is 2.43 bits per heavy atom. The van der Waals surface area contributed by atoms with Gasteiger partial charge in [0.15, 0.2) is 5.69 Å². The molecule has 2 atom stereocenters. The van der Waals surface area contributed by atoms with Crippen molar-refractivity contribution >= 4 is 58.0 Å². The Kier molecular flexibility index (Phi) is 11.1. The molecule has 5 aromatic rings. The maximum atomic E-state index is 13.9. The number of amides is 2. The zero-order chi connectivity index (χ0) is 34.5. The zero-order valence-corrected chi connectivity index (χ0v) is 29.7. The number of aromatic nitrogens is 2. The summed E-state index contributed by atoms with van der Waals surface area (Å²) in [7, 11) is 0. The van der Waals surface area contributed by atoms with Gasteiger partial charge in [0.05, 0.1) is 16.4 Å². The number of anilines is 2. The van der Waals surface area contributed by atoms with Crippen molar-refractivity contribution in [1.82, 2.24) is 15.1 Å². The van der Waals surface area contributed by atoms with Crippen LogP contribution in [0.15, 0.2) is 97.1 Å². The smallest absolute Gasteiger partial charge is 0.276 e. The molecule has 0 bridgehead atoms. The summed E-state index contributed by atoms with van der Waals surface area (Å²) in [6, 6.07) is 30.8. The van der Waals surface area contributed by atoms with E-state index in [9.17, 15) is 9.59 Å². The third kappa shape index (κ3) is 8.03. The minimum atomic E-state index is -0.384. The van der Waals surface area contributed by atoms with Crippen LogP contribution in [-0.4, -0.2) is 40.2 Å². The number of rotatable bonds is 10. The quantitative estimate of drug-likeness (QED) is 0.151. The minimum absolute atomic E-state index is 0.0458. The van der Waals surface area contributed by atoms with Gasteiger partial charge < -0.3 is 15.5 Å². The lowest BCUT2D eigenvalue weighted by atomic mass is 9.92. The predicted molar refractivity (Wildman–Crippen MR) is 201 cm³/mol. The van der Waals surface area contributed by atoms with Gasteiger partial charge in [0.25, 0.3) is 5.91 Å². The van der Waals surface area contributed by atoms with Gasteiger partial charge in [0.1, 0.15) is 0 Å². The summed E-state index contributed by atoms with van der Waals surface area (Å²) in [5, 5.41) is 12.9. The van der Waals surface area contributed by atoms with E-state index in [0.29, 0.717) is 50.2 Å². The number of carbonyl (C=O) groups is 2. The van der Waals surface area contributed by atoms with E-state index < -0.39 is 0 Å². The normalized spacial score (nSPS) is 15.9. The van der Waals surface area contributed by atoms with Crippen LogP contribution in [-0.2, 0) is 11.2 Å². The summed E-state index contributed by atoms with van der Waals surface area (Å²) in [5.74, 6) is -0.330. The fraction of sp³-hybridized carbons (Fsp3) is 0.256. The van der Waals surface area contributed by atoms with Crippen LogP contribution in [0.1, 0.15) is 54.2 Å². The molecule has 0 spiro atoms. The second kappa shape index (κ2) is 15.6. The maximum Gasteiger partial charge on any atom is 0.276 e. The highest BCUT2D eigenvalue weighted by molar-refractivity contribution is 6.35. The molecule has 2 unspecified atom stereocenters. The molecule has 2 N–H and O–H groups in total. The summed E-state index contributed by atoms with van der Waals surface area (Å²) < 4.78 is 1.66. The van der Waals surface area contributed by atoms with Gasteiger partial charge in [-0.2, -0.15) is 5.10 Å². The number of nitrogens with zero attached hydrogens (tertiary/aromatic N) is 3. The van der Waals surface area contributed by atoms with Crippen molar-refractivity contribution in [2.45, 2.75) is 58.0 Å². The van der Waals surface area contributed by atoms with Crippen molar-refractivity contribution < 1.29 is 9.59 Å². The van der Waals surface area contributed by atoms with Gasteiger partial charge in [-0.3, -0.25) is 9.59 Å². The summed E-state index contributed by atoms with van der Waals surface area (Å²) in [6.45, 7) is 4.58.